The third kappa shape index (κ3) is 3.55. The molecule has 1 unspecified atom stereocenters. The Labute approximate surface area is 147 Å². The number of ether oxygens (including phenoxy) is 2. The lowest BCUT2D eigenvalue weighted by Crippen LogP contribution is -2.33. The van der Waals surface area contributed by atoms with Gasteiger partial charge in [0.05, 0.1) is 31.0 Å². The zero-order chi connectivity index (χ0) is 17.2. The quantitative estimate of drug-likeness (QED) is 0.721. The first-order valence-electron chi connectivity index (χ1n) is 9.05. The molecule has 4 rings (SSSR count). The van der Waals surface area contributed by atoms with Crippen molar-refractivity contribution in [3.05, 3.63) is 12.4 Å². The van der Waals surface area contributed by atoms with Crippen molar-refractivity contribution in [2.24, 2.45) is 7.05 Å². The summed E-state index contributed by atoms with van der Waals surface area (Å²) < 4.78 is 15.2. The molecule has 1 saturated carbocycles. The number of aromatic nitrogens is 5. The minimum absolute atomic E-state index is 0.230. The minimum atomic E-state index is 0.230. The zero-order valence-electron chi connectivity index (χ0n) is 15.0. The summed E-state index contributed by atoms with van der Waals surface area (Å²) in [6, 6.07) is 0.546. The van der Waals surface area contributed by atoms with Gasteiger partial charge in [0.15, 0.2) is 5.82 Å². The van der Waals surface area contributed by atoms with E-state index in [1.807, 2.05) is 19.4 Å². The van der Waals surface area contributed by atoms with Crippen LogP contribution >= 0.6 is 0 Å². The highest BCUT2D eigenvalue weighted by Gasteiger charge is 2.33. The van der Waals surface area contributed by atoms with Gasteiger partial charge in [0.2, 0.25) is 5.95 Å². The molecule has 0 aromatic carbocycles. The van der Waals surface area contributed by atoms with Gasteiger partial charge in [0.1, 0.15) is 0 Å². The Morgan fingerprint density at radius 3 is 2.84 bits per heavy atom. The predicted octanol–water partition coefficient (Wildman–Crippen LogP) is 1.47. The highest BCUT2D eigenvalue weighted by molar-refractivity contribution is 5.56. The molecule has 0 amide bonds. The Kier molecular flexibility index (Phi) is 4.72. The number of anilines is 1. The predicted molar refractivity (Wildman–Crippen MR) is 93.4 cm³/mol. The van der Waals surface area contributed by atoms with E-state index in [1.165, 1.54) is 12.8 Å². The molecule has 1 aliphatic heterocycles. The third-order valence-electron chi connectivity index (χ3n) is 4.89. The highest BCUT2D eigenvalue weighted by Crippen LogP contribution is 2.33. The fourth-order valence-corrected chi connectivity index (χ4v) is 3.44. The molecular formula is C17H26N6O2. The molecule has 2 aromatic rings. The van der Waals surface area contributed by atoms with E-state index >= 15 is 0 Å². The summed E-state index contributed by atoms with van der Waals surface area (Å²) in [6.07, 6.45) is 8.68. The normalized spacial score (nSPS) is 20.3. The molecule has 0 bridgehead atoms. The third-order valence-corrected chi connectivity index (χ3v) is 4.89. The fourth-order valence-electron chi connectivity index (χ4n) is 3.44. The van der Waals surface area contributed by atoms with Gasteiger partial charge in [-0.25, -0.2) is 0 Å². The second kappa shape index (κ2) is 7.13. The molecule has 0 spiro atoms. The molecule has 2 fully saturated rings. The number of rotatable bonds is 8. The van der Waals surface area contributed by atoms with Crippen molar-refractivity contribution >= 4 is 5.95 Å². The van der Waals surface area contributed by atoms with Crippen LogP contribution in [-0.2, 0) is 23.1 Å². The van der Waals surface area contributed by atoms with Crippen molar-refractivity contribution in [2.45, 2.75) is 44.4 Å². The van der Waals surface area contributed by atoms with Gasteiger partial charge >= 0.3 is 0 Å². The monoisotopic (exact) mass is 346 g/mol. The van der Waals surface area contributed by atoms with Gasteiger partial charge in [-0.05, 0) is 25.7 Å². The SMILES string of the molecule is COCCN(c1nnc(-c2cnn(C)c2)n1CC1CCCO1)C1CC1. The van der Waals surface area contributed by atoms with E-state index in [9.17, 15) is 0 Å². The fraction of sp³-hybridized carbons (Fsp3) is 0.706. The van der Waals surface area contributed by atoms with Crippen LogP contribution < -0.4 is 4.90 Å². The van der Waals surface area contributed by atoms with Crippen molar-refractivity contribution in [3.8, 4) is 11.4 Å². The summed E-state index contributed by atoms with van der Waals surface area (Å²) in [5.74, 6) is 1.79. The Bertz CT molecular complexity index is 702. The van der Waals surface area contributed by atoms with Crippen LogP contribution in [0.4, 0.5) is 5.95 Å². The molecule has 136 valence electrons. The van der Waals surface area contributed by atoms with Gasteiger partial charge in [0, 0.05) is 39.5 Å². The second-order valence-corrected chi connectivity index (χ2v) is 6.89. The van der Waals surface area contributed by atoms with Crippen LogP contribution in [-0.4, -0.2) is 63.6 Å². The molecule has 1 saturated heterocycles. The summed E-state index contributed by atoms with van der Waals surface area (Å²) in [6.45, 7) is 3.15. The Morgan fingerprint density at radius 2 is 2.20 bits per heavy atom. The lowest BCUT2D eigenvalue weighted by molar-refractivity contribution is 0.0974. The number of methoxy groups -OCH3 is 1. The van der Waals surface area contributed by atoms with Crippen LogP contribution in [0.25, 0.3) is 11.4 Å². The average Bonchev–Trinajstić information content (AvgIpc) is 2.98. The zero-order valence-corrected chi connectivity index (χ0v) is 15.0. The molecule has 1 atom stereocenters. The molecule has 8 nitrogen and oxygen atoms in total. The largest absolute Gasteiger partial charge is 0.383 e. The van der Waals surface area contributed by atoms with Crippen molar-refractivity contribution < 1.29 is 9.47 Å². The molecule has 2 aliphatic rings. The maximum Gasteiger partial charge on any atom is 0.227 e. The first-order chi connectivity index (χ1) is 12.3. The maximum atomic E-state index is 5.87. The molecular weight excluding hydrogens is 320 g/mol. The van der Waals surface area contributed by atoms with E-state index in [1.54, 1.807) is 11.8 Å². The summed E-state index contributed by atoms with van der Waals surface area (Å²) in [7, 11) is 3.66. The summed E-state index contributed by atoms with van der Waals surface area (Å²) in [5, 5.41) is 13.3. The first-order valence-corrected chi connectivity index (χ1v) is 9.05. The summed E-state index contributed by atoms with van der Waals surface area (Å²) in [4.78, 5) is 2.34. The van der Waals surface area contributed by atoms with E-state index in [2.05, 4.69) is 24.8 Å². The van der Waals surface area contributed by atoms with Gasteiger partial charge in [-0.1, -0.05) is 0 Å². The van der Waals surface area contributed by atoms with E-state index < -0.39 is 0 Å². The number of nitrogens with zero attached hydrogens (tertiary/aromatic N) is 6. The maximum absolute atomic E-state index is 5.87. The van der Waals surface area contributed by atoms with E-state index in [0.29, 0.717) is 12.6 Å². The minimum Gasteiger partial charge on any atom is -0.383 e. The van der Waals surface area contributed by atoms with Gasteiger partial charge in [-0.3, -0.25) is 9.25 Å². The first kappa shape index (κ1) is 16.5. The van der Waals surface area contributed by atoms with Gasteiger partial charge in [0.25, 0.3) is 0 Å². The number of hydrogen-bond donors (Lipinski definition) is 0. The van der Waals surface area contributed by atoms with Crippen LogP contribution in [0.15, 0.2) is 12.4 Å². The van der Waals surface area contributed by atoms with Crippen LogP contribution in [0.5, 0.6) is 0 Å². The lowest BCUT2D eigenvalue weighted by Gasteiger charge is -2.25. The lowest BCUT2D eigenvalue weighted by atomic mass is 10.2. The van der Waals surface area contributed by atoms with Crippen LogP contribution in [0.1, 0.15) is 25.7 Å². The van der Waals surface area contributed by atoms with Gasteiger partial charge in [-0.15, -0.1) is 10.2 Å². The van der Waals surface area contributed by atoms with E-state index in [0.717, 1.165) is 49.9 Å². The van der Waals surface area contributed by atoms with Gasteiger partial charge < -0.3 is 14.4 Å². The summed E-state index contributed by atoms with van der Waals surface area (Å²) >= 11 is 0. The Hall–Kier alpha value is -1.93. The molecule has 1 aliphatic carbocycles. The van der Waals surface area contributed by atoms with Crippen molar-refractivity contribution in [1.29, 1.82) is 0 Å². The van der Waals surface area contributed by atoms with E-state index in [4.69, 9.17) is 9.47 Å². The Morgan fingerprint density at radius 1 is 1.32 bits per heavy atom. The number of hydrogen-bond acceptors (Lipinski definition) is 6. The van der Waals surface area contributed by atoms with Crippen LogP contribution in [0.3, 0.4) is 0 Å². The Balaban J connectivity index is 1.68. The molecule has 2 aromatic heterocycles. The number of aryl methyl sites for hydroxylation is 1. The van der Waals surface area contributed by atoms with Crippen molar-refractivity contribution in [2.75, 3.05) is 31.8 Å². The smallest absolute Gasteiger partial charge is 0.227 e. The summed E-state index contributed by atoms with van der Waals surface area (Å²) in [5.41, 5.74) is 0.988. The molecule has 25 heavy (non-hydrogen) atoms. The van der Waals surface area contributed by atoms with Crippen molar-refractivity contribution in [3.63, 3.8) is 0 Å². The van der Waals surface area contributed by atoms with Crippen molar-refractivity contribution in [1.82, 2.24) is 24.5 Å². The van der Waals surface area contributed by atoms with Crippen LogP contribution in [0, 0.1) is 0 Å². The molecule has 3 heterocycles. The molecule has 0 radical (unpaired) electrons. The van der Waals surface area contributed by atoms with Crippen LogP contribution in [0.2, 0.25) is 0 Å². The van der Waals surface area contributed by atoms with Gasteiger partial charge in [-0.2, -0.15) is 5.10 Å². The standard InChI is InChI=1S/C17H26N6O2/c1-21-11-13(10-18-21)16-19-20-17(22(7-9-24-2)14-5-6-14)23(16)12-15-4-3-8-25-15/h10-11,14-15H,3-9,12H2,1-2H3. The van der Waals surface area contributed by atoms with E-state index in [-0.39, 0.29) is 6.10 Å². The topological polar surface area (TPSA) is 70.2 Å². The average molecular weight is 346 g/mol. The second-order valence-electron chi connectivity index (χ2n) is 6.89. The molecule has 8 heteroatoms. The molecule has 0 N–H and O–H groups in total. The highest BCUT2D eigenvalue weighted by atomic mass is 16.5.